The Kier molecular flexibility index (Phi) is 7.99. The van der Waals surface area contributed by atoms with Crippen LogP contribution >= 0.6 is 23.5 Å². The predicted octanol–water partition coefficient (Wildman–Crippen LogP) is 3.22. The number of aromatic nitrogens is 5. The lowest BCUT2D eigenvalue weighted by Gasteiger charge is -2.07. The second-order valence-corrected chi connectivity index (χ2v) is 10.4. The molecule has 12 nitrogen and oxygen atoms in total. The molecular weight excluding hydrogens is 526 g/mol. The number of anilines is 1. The molecule has 1 aliphatic rings. The number of hydrazone groups is 1. The first-order valence-corrected chi connectivity index (χ1v) is 13.5. The number of hydrogen-bond donors (Lipinski definition) is 2. The predicted molar refractivity (Wildman–Crippen MR) is 147 cm³/mol. The van der Waals surface area contributed by atoms with Crippen LogP contribution in [0, 0.1) is 6.92 Å². The number of aliphatic imine (C=N–C) groups is 1. The summed E-state index contributed by atoms with van der Waals surface area (Å²) in [5.74, 6) is 1.63. The number of carbonyl (C=O) groups excluding carboxylic acids is 1. The second kappa shape index (κ2) is 11.9. The Bertz CT molecular complexity index is 1480. The fourth-order valence-corrected chi connectivity index (χ4v) is 5.40. The number of nitrogens with one attached hydrogen (secondary N) is 1. The maximum Gasteiger partial charge on any atom is 0.293 e. The molecule has 2 aromatic heterocycles. The van der Waals surface area contributed by atoms with Gasteiger partial charge in [-0.05, 0) is 40.5 Å². The molecule has 0 radical (unpaired) electrons. The Labute approximate surface area is 226 Å². The minimum atomic E-state index is -0.536. The van der Waals surface area contributed by atoms with E-state index in [-0.39, 0.29) is 17.3 Å². The highest BCUT2D eigenvalue weighted by molar-refractivity contribution is 8.38. The highest BCUT2D eigenvalue weighted by atomic mass is 32.2. The third kappa shape index (κ3) is 6.20. The summed E-state index contributed by atoms with van der Waals surface area (Å²) in [4.78, 5) is 17.4. The van der Waals surface area contributed by atoms with Gasteiger partial charge < -0.3 is 10.5 Å². The Balaban J connectivity index is 1.26. The van der Waals surface area contributed by atoms with Crippen molar-refractivity contribution in [1.82, 2.24) is 30.7 Å². The van der Waals surface area contributed by atoms with Gasteiger partial charge in [-0.15, -0.1) is 5.10 Å². The number of nitrogens with zero attached hydrogens (tertiary/aromatic N) is 7. The van der Waals surface area contributed by atoms with Gasteiger partial charge >= 0.3 is 0 Å². The summed E-state index contributed by atoms with van der Waals surface area (Å²) >= 11 is 3.13. The quantitative estimate of drug-likeness (QED) is 0.234. The summed E-state index contributed by atoms with van der Waals surface area (Å²) in [7, 11) is 0. The largest absolute Gasteiger partial charge is 0.489 e. The zero-order valence-electron chi connectivity index (χ0n) is 20.3. The van der Waals surface area contributed by atoms with Crippen molar-refractivity contribution >= 4 is 45.8 Å². The van der Waals surface area contributed by atoms with Crippen molar-refractivity contribution < 1.29 is 14.2 Å². The smallest absolute Gasteiger partial charge is 0.293 e. The van der Waals surface area contributed by atoms with E-state index in [0.29, 0.717) is 23.8 Å². The van der Waals surface area contributed by atoms with Crippen molar-refractivity contribution in [3.8, 4) is 11.6 Å². The van der Waals surface area contributed by atoms with Crippen LogP contribution in [0.1, 0.15) is 32.9 Å². The average molecular weight is 550 g/mol. The van der Waals surface area contributed by atoms with Crippen LogP contribution in [-0.4, -0.2) is 54.1 Å². The highest BCUT2D eigenvalue weighted by Gasteiger charge is 2.24. The zero-order valence-corrected chi connectivity index (χ0v) is 21.9. The number of hydrogen-bond acceptors (Lipinski definition) is 12. The van der Waals surface area contributed by atoms with E-state index < -0.39 is 5.91 Å². The summed E-state index contributed by atoms with van der Waals surface area (Å²) < 4.78 is 12.8. The number of amides is 1. The number of carbonyl (C=O) groups is 1. The van der Waals surface area contributed by atoms with Gasteiger partial charge in [0, 0.05) is 11.5 Å². The van der Waals surface area contributed by atoms with Crippen LogP contribution in [0.3, 0.4) is 0 Å². The third-order valence-electron chi connectivity index (χ3n) is 5.33. The maximum atomic E-state index is 13.0. The van der Waals surface area contributed by atoms with Crippen molar-refractivity contribution in [3.05, 3.63) is 76.6 Å². The molecule has 0 saturated heterocycles. The van der Waals surface area contributed by atoms with Gasteiger partial charge in [0.25, 0.3) is 5.91 Å². The van der Waals surface area contributed by atoms with Crippen molar-refractivity contribution in [3.63, 3.8) is 0 Å². The van der Waals surface area contributed by atoms with Gasteiger partial charge in [0.15, 0.2) is 5.69 Å². The Morgan fingerprint density at radius 3 is 2.92 bits per heavy atom. The molecule has 1 amide bonds. The van der Waals surface area contributed by atoms with Gasteiger partial charge in [-0.1, -0.05) is 70.7 Å². The van der Waals surface area contributed by atoms with Gasteiger partial charge in [0.2, 0.25) is 11.6 Å². The number of ether oxygens (including phenoxy) is 1. The monoisotopic (exact) mass is 549 g/mol. The standard InChI is InChI=1S/C24H23N9O3S2/c1-15-5-7-16(8-6-15)13-35-18-4-2-3-17(11-18)12-27-29-23(34)20-19(14-38-24-26-9-10-37-24)33(32-28-20)22-21(25)30-36-31-22/h2-8,11-12H,9-10,13-14H2,1H3,(H2,25,30)(H,29,34). The van der Waals surface area contributed by atoms with Crippen LogP contribution in [0.15, 0.2) is 63.3 Å². The lowest BCUT2D eigenvalue weighted by atomic mass is 10.2. The van der Waals surface area contributed by atoms with E-state index in [9.17, 15) is 4.79 Å². The van der Waals surface area contributed by atoms with Crippen LogP contribution in [-0.2, 0) is 12.4 Å². The van der Waals surface area contributed by atoms with Gasteiger partial charge in [-0.25, -0.2) is 10.1 Å². The van der Waals surface area contributed by atoms with Crippen LogP contribution in [0.25, 0.3) is 5.82 Å². The molecule has 0 unspecified atom stereocenters. The van der Waals surface area contributed by atoms with Crippen molar-refractivity contribution in [1.29, 1.82) is 0 Å². The first-order valence-electron chi connectivity index (χ1n) is 11.5. The van der Waals surface area contributed by atoms with Gasteiger partial charge in [0.05, 0.1) is 18.5 Å². The van der Waals surface area contributed by atoms with E-state index in [2.05, 4.69) is 36.1 Å². The molecule has 3 N–H and O–H groups in total. The molecule has 1 aliphatic heterocycles. The van der Waals surface area contributed by atoms with Gasteiger partial charge in [-0.3, -0.25) is 9.79 Å². The molecule has 0 bridgehead atoms. The van der Waals surface area contributed by atoms with Crippen LogP contribution in [0.2, 0.25) is 0 Å². The minimum absolute atomic E-state index is 0.0307. The molecule has 38 heavy (non-hydrogen) atoms. The van der Waals surface area contributed by atoms with Crippen LogP contribution in [0.5, 0.6) is 5.75 Å². The van der Waals surface area contributed by atoms with Crippen molar-refractivity contribution in [2.45, 2.75) is 19.3 Å². The molecule has 3 heterocycles. The van der Waals surface area contributed by atoms with E-state index in [1.54, 1.807) is 11.8 Å². The minimum Gasteiger partial charge on any atom is -0.489 e. The summed E-state index contributed by atoms with van der Waals surface area (Å²) in [6, 6.07) is 15.6. The van der Waals surface area contributed by atoms with Crippen LogP contribution in [0.4, 0.5) is 5.82 Å². The number of benzene rings is 2. The van der Waals surface area contributed by atoms with Crippen molar-refractivity contribution in [2.24, 2.45) is 10.1 Å². The van der Waals surface area contributed by atoms with E-state index in [1.165, 1.54) is 28.2 Å². The summed E-state index contributed by atoms with van der Waals surface area (Å²) in [6.45, 7) is 3.26. The molecular formula is C24H23N9O3S2. The molecule has 14 heteroatoms. The van der Waals surface area contributed by atoms with E-state index in [0.717, 1.165) is 27.8 Å². The summed E-state index contributed by atoms with van der Waals surface area (Å²) in [6.07, 6.45) is 1.53. The molecule has 0 spiro atoms. The first-order chi connectivity index (χ1) is 18.6. The van der Waals surface area contributed by atoms with E-state index in [4.69, 9.17) is 15.1 Å². The SMILES string of the molecule is Cc1ccc(COc2cccc(C=NNC(=O)c3nnn(-c4nonc4N)c3CSC3=NCCS3)c2)cc1. The number of aryl methyl sites for hydroxylation is 1. The van der Waals surface area contributed by atoms with Gasteiger partial charge in [-0.2, -0.15) is 9.78 Å². The second-order valence-electron chi connectivity index (χ2n) is 8.10. The molecule has 194 valence electrons. The lowest BCUT2D eigenvalue weighted by Crippen LogP contribution is -2.20. The number of rotatable bonds is 9. The molecule has 0 fully saturated rings. The number of nitrogen functional groups attached to an aromatic ring is 1. The molecule has 0 saturated carbocycles. The Hall–Kier alpha value is -4.17. The summed E-state index contributed by atoms with van der Waals surface area (Å²) in [5.41, 5.74) is 11.9. The third-order valence-corrected chi connectivity index (χ3v) is 7.59. The maximum absolute atomic E-state index is 13.0. The van der Waals surface area contributed by atoms with E-state index in [1.807, 2.05) is 55.5 Å². The molecule has 0 aliphatic carbocycles. The van der Waals surface area contributed by atoms with Gasteiger partial charge in [0.1, 0.15) is 16.7 Å². The molecule has 2 aromatic carbocycles. The normalized spacial score (nSPS) is 13.1. The Morgan fingerprint density at radius 1 is 1.29 bits per heavy atom. The molecule has 5 rings (SSSR count). The van der Waals surface area contributed by atoms with Crippen molar-refractivity contribution in [2.75, 3.05) is 18.0 Å². The first kappa shape index (κ1) is 25.5. The highest BCUT2D eigenvalue weighted by Crippen LogP contribution is 2.27. The number of nitrogens with two attached hydrogens (primary N) is 1. The average Bonchev–Trinajstić information content (AvgIpc) is 3.68. The lowest BCUT2D eigenvalue weighted by molar-refractivity contribution is 0.0949. The Morgan fingerprint density at radius 2 is 2.16 bits per heavy atom. The fourth-order valence-electron chi connectivity index (χ4n) is 3.40. The molecule has 4 aromatic rings. The molecule has 0 atom stereocenters. The number of thioether (sulfide) groups is 2. The fraction of sp³-hybridized carbons (Fsp3) is 0.208. The topological polar surface area (TPSA) is 159 Å². The zero-order chi connectivity index (χ0) is 26.3. The summed E-state index contributed by atoms with van der Waals surface area (Å²) in [5, 5.41) is 19.5. The van der Waals surface area contributed by atoms with E-state index >= 15 is 0 Å². The van der Waals surface area contributed by atoms with Crippen LogP contribution < -0.4 is 15.9 Å².